The molecule has 0 heterocycles. The fourth-order valence-corrected chi connectivity index (χ4v) is 5.22. The van der Waals surface area contributed by atoms with Crippen LogP contribution in [-0.2, 0) is 18.8 Å². The Balaban J connectivity index is 2.19. The van der Waals surface area contributed by atoms with Crippen LogP contribution in [0.1, 0.15) is 52.9 Å². The molecule has 2 aliphatic carbocycles. The molecule has 0 amide bonds. The molecule has 5 heteroatoms. The van der Waals surface area contributed by atoms with E-state index in [-0.39, 0.29) is 35.2 Å². The van der Waals surface area contributed by atoms with Gasteiger partial charge in [0.1, 0.15) is 5.78 Å². The van der Waals surface area contributed by atoms with Crippen molar-refractivity contribution in [3.05, 3.63) is 0 Å². The van der Waals surface area contributed by atoms with Crippen molar-refractivity contribution in [3.63, 3.8) is 0 Å². The van der Waals surface area contributed by atoms with Crippen molar-refractivity contribution in [2.24, 2.45) is 11.3 Å². The van der Waals surface area contributed by atoms with E-state index in [1.165, 1.54) is 7.11 Å². The summed E-state index contributed by atoms with van der Waals surface area (Å²) in [6.07, 6.45) is 3.44. The van der Waals surface area contributed by atoms with Gasteiger partial charge in [0.2, 0.25) is 0 Å². The third-order valence-corrected chi connectivity index (χ3v) is 10.7. The SMILES string of the molecule is COC(=O)C[C@]12CC[C@@H](O[Si](C)(C)C(C)(C)C)[C@H]1CCC2=O. The van der Waals surface area contributed by atoms with E-state index >= 15 is 0 Å². The van der Waals surface area contributed by atoms with Crippen molar-refractivity contribution in [1.82, 2.24) is 0 Å². The fraction of sp³-hybridized carbons (Fsp3) is 0.882. The maximum absolute atomic E-state index is 12.5. The summed E-state index contributed by atoms with van der Waals surface area (Å²) in [6.45, 7) is 11.2. The topological polar surface area (TPSA) is 52.6 Å². The summed E-state index contributed by atoms with van der Waals surface area (Å²) in [6, 6.07) is 0. The first-order valence-corrected chi connectivity index (χ1v) is 11.2. The highest BCUT2D eigenvalue weighted by atomic mass is 28.4. The van der Waals surface area contributed by atoms with Crippen LogP contribution in [0, 0.1) is 11.3 Å². The Labute approximate surface area is 135 Å². The van der Waals surface area contributed by atoms with Gasteiger partial charge in [-0.15, -0.1) is 0 Å². The minimum absolute atomic E-state index is 0.122. The first kappa shape index (κ1) is 17.7. The molecular formula is C17H30O4Si. The smallest absolute Gasteiger partial charge is 0.306 e. The molecule has 0 unspecified atom stereocenters. The number of fused-ring (bicyclic) bond motifs is 1. The van der Waals surface area contributed by atoms with E-state index < -0.39 is 13.7 Å². The number of esters is 1. The van der Waals surface area contributed by atoms with Gasteiger partial charge in [0, 0.05) is 17.9 Å². The lowest BCUT2D eigenvalue weighted by Crippen LogP contribution is -2.46. The average Bonchev–Trinajstić information content (AvgIpc) is 2.88. The van der Waals surface area contributed by atoms with Crippen molar-refractivity contribution in [3.8, 4) is 0 Å². The van der Waals surface area contributed by atoms with Crippen molar-refractivity contribution in [2.45, 2.75) is 77.1 Å². The maximum Gasteiger partial charge on any atom is 0.306 e. The van der Waals surface area contributed by atoms with Crippen molar-refractivity contribution < 1.29 is 18.8 Å². The number of rotatable bonds is 4. The molecule has 0 N–H and O–H groups in total. The highest BCUT2D eigenvalue weighted by Crippen LogP contribution is 2.56. The summed E-state index contributed by atoms with van der Waals surface area (Å²) < 4.78 is 11.4. The van der Waals surface area contributed by atoms with Crippen molar-refractivity contribution in [2.75, 3.05) is 7.11 Å². The minimum Gasteiger partial charge on any atom is -0.469 e. The van der Waals surface area contributed by atoms with Crippen LogP contribution in [0.3, 0.4) is 0 Å². The molecule has 3 atom stereocenters. The molecule has 0 aromatic heterocycles. The van der Waals surface area contributed by atoms with E-state index in [4.69, 9.17) is 9.16 Å². The Morgan fingerprint density at radius 1 is 1.32 bits per heavy atom. The molecule has 2 saturated carbocycles. The summed E-state index contributed by atoms with van der Waals surface area (Å²) >= 11 is 0. The lowest BCUT2D eigenvalue weighted by molar-refractivity contribution is -0.147. The van der Waals surface area contributed by atoms with Gasteiger partial charge in [0.15, 0.2) is 8.32 Å². The van der Waals surface area contributed by atoms with Crippen LogP contribution < -0.4 is 0 Å². The second kappa shape index (κ2) is 5.75. The van der Waals surface area contributed by atoms with Crippen LogP contribution in [0.5, 0.6) is 0 Å². The molecule has 126 valence electrons. The molecule has 0 aromatic rings. The lowest BCUT2D eigenvalue weighted by atomic mass is 9.76. The number of ketones is 1. The number of carbonyl (C=O) groups excluding carboxylic acids is 2. The first-order chi connectivity index (χ1) is 10.0. The molecule has 0 saturated heterocycles. The van der Waals surface area contributed by atoms with Crippen LogP contribution in [-0.4, -0.2) is 33.3 Å². The number of hydrogen-bond donors (Lipinski definition) is 0. The zero-order valence-corrected chi connectivity index (χ0v) is 15.8. The normalized spacial score (nSPS) is 32.2. The number of methoxy groups -OCH3 is 1. The number of carbonyl (C=O) groups is 2. The second-order valence-corrected chi connectivity index (χ2v) is 13.2. The minimum atomic E-state index is -1.86. The molecule has 4 nitrogen and oxygen atoms in total. The molecule has 2 aliphatic rings. The van der Waals surface area contributed by atoms with Gasteiger partial charge in [-0.1, -0.05) is 20.8 Å². The predicted octanol–water partition coefficient (Wildman–Crippen LogP) is 3.70. The Morgan fingerprint density at radius 3 is 2.50 bits per heavy atom. The van der Waals surface area contributed by atoms with Crippen LogP contribution in [0.25, 0.3) is 0 Å². The Hall–Kier alpha value is -0.683. The summed E-state index contributed by atoms with van der Waals surface area (Å²) in [5.74, 6) is 0.158. The monoisotopic (exact) mass is 326 g/mol. The maximum atomic E-state index is 12.5. The number of ether oxygens (including phenoxy) is 1. The number of Topliss-reactive ketones (excluding diaryl/α,β-unsaturated/α-hetero) is 1. The largest absolute Gasteiger partial charge is 0.469 e. The van der Waals surface area contributed by atoms with E-state index in [1.54, 1.807) is 0 Å². The summed E-state index contributed by atoms with van der Waals surface area (Å²) in [5, 5.41) is 0.156. The molecule has 0 bridgehead atoms. The Bertz CT molecular complexity index is 466. The molecular weight excluding hydrogens is 296 g/mol. The molecule has 0 spiro atoms. The van der Waals surface area contributed by atoms with Crippen LogP contribution in [0.2, 0.25) is 18.1 Å². The van der Waals surface area contributed by atoms with Gasteiger partial charge in [-0.25, -0.2) is 0 Å². The van der Waals surface area contributed by atoms with Crippen LogP contribution >= 0.6 is 0 Å². The highest BCUT2D eigenvalue weighted by molar-refractivity contribution is 6.74. The van der Waals surface area contributed by atoms with Crippen LogP contribution in [0.15, 0.2) is 0 Å². The van der Waals surface area contributed by atoms with Gasteiger partial charge < -0.3 is 9.16 Å². The van der Waals surface area contributed by atoms with Gasteiger partial charge in [0.05, 0.1) is 13.5 Å². The van der Waals surface area contributed by atoms with Crippen molar-refractivity contribution >= 4 is 20.1 Å². The molecule has 0 radical (unpaired) electrons. The fourth-order valence-electron chi connectivity index (χ4n) is 3.83. The molecule has 2 rings (SSSR count). The van der Waals surface area contributed by atoms with Crippen molar-refractivity contribution in [1.29, 1.82) is 0 Å². The van der Waals surface area contributed by atoms with Gasteiger partial charge in [-0.05, 0) is 43.3 Å². The van der Waals surface area contributed by atoms with E-state index in [9.17, 15) is 9.59 Å². The third kappa shape index (κ3) is 2.89. The number of hydrogen-bond acceptors (Lipinski definition) is 4. The van der Waals surface area contributed by atoms with Gasteiger partial charge >= 0.3 is 5.97 Å². The van der Waals surface area contributed by atoms with E-state index in [0.29, 0.717) is 6.42 Å². The molecule has 0 aliphatic heterocycles. The van der Waals surface area contributed by atoms with Gasteiger partial charge in [-0.2, -0.15) is 0 Å². The Kier molecular flexibility index (Phi) is 4.62. The average molecular weight is 327 g/mol. The van der Waals surface area contributed by atoms with Gasteiger partial charge in [-0.3, -0.25) is 9.59 Å². The third-order valence-electron chi connectivity index (χ3n) is 6.21. The highest BCUT2D eigenvalue weighted by Gasteiger charge is 2.59. The molecule has 0 aromatic carbocycles. The van der Waals surface area contributed by atoms with Crippen LogP contribution in [0.4, 0.5) is 0 Å². The quantitative estimate of drug-likeness (QED) is 0.584. The van der Waals surface area contributed by atoms with E-state index in [0.717, 1.165) is 19.3 Å². The van der Waals surface area contributed by atoms with E-state index in [2.05, 4.69) is 33.9 Å². The molecule has 22 heavy (non-hydrogen) atoms. The molecule has 2 fully saturated rings. The second-order valence-electron chi connectivity index (χ2n) is 8.43. The summed E-state index contributed by atoms with van der Waals surface area (Å²) in [4.78, 5) is 24.3. The lowest BCUT2D eigenvalue weighted by Gasteiger charge is -2.40. The summed E-state index contributed by atoms with van der Waals surface area (Å²) in [7, 11) is -0.466. The zero-order chi connectivity index (χ0) is 16.8. The summed E-state index contributed by atoms with van der Waals surface area (Å²) in [5.41, 5.74) is -0.514. The van der Waals surface area contributed by atoms with Gasteiger partial charge in [0.25, 0.3) is 0 Å². The first-order valence-electron chi connectivity index (χ1n) is 8.31. The zero-order valence-electron chi connectivity index (χ0n) is 14.8. The standard InChI is InChI=1S/C17H30O4Si/c1-16(2,3)22(5,6)21-13-9-10-17(11-15(19)20-4)12(13)7-8-14(17)18/h12-13H,7-11H2,1-6H3/t12-,13-,17-/m1/s1. The predicted molar refractivity (Wildman–Crippen MR) is 88.1 cm³/mol. The van der Waals surface area contributed by atoms with E-state index in [1.807, 2.05) is 0 Å². The Morgan fingerprint density at radius 2 is 1.95 bits per heavy atom.